The summed E-state index contributed by atoms with van der Waals surface area (Å²) in [5.74, 6) is 1.36. The largest absolute Gasteiger partial charge is 0.299 e. The van der Waals surface area contributed by atoms with Crippen LogP contribution in [0.4, 0.5) is 0 Å². The highest BCUT2D eigenvalue weighted by molar-refractivity contribution is 5.64. The van der Waals surface area contributed by atoms with Crippen molar-refractivity contribution in [3.05, 3.63) is 12.2 Å². The van der Waals surface area contributed by atoms with Crippen molar-refractivity contribution in [2.75, 3.05) is 0 Å². The fourth-order valence-electron chi connectivity index (χ4n) is 1.08. The van der Waals surface area contributed by atoms with E-state index in [1.54, 1.807) is 6.08 Å². The van der Waals surface area contributed by atoms with Crippen LogP contribution in [0.3, 0.4) is 0 Å². The summed E-state index contributed by atoms with van der Waals surface area (Å²) >= 11 is 0. The Balaban J connectivity index is 3.49. The van der Waals surface area contributed by atoms with Crippen LogP contribution < -0.4 is 0 Å². The molecule has 0 aliphatic rings. The van der Waals surface area contributed by atoms with E-state index in [0.29, 0.717) is 5.92 Å². The van der Waals surface area contributed by atoms with Crippen LogP contribution in [0.1, 0.15) is 40.0 Å². The lowest BCUT2D eigenvalue weighted by Crippen LogP contribution is -1.96. The molecule has 0 aromatic heterocycles. The molecule has 0 amide bonds. The molecule has 0 saturated heterocycles. The Hall–Kier alpha value is -0.590. The molecule has 0 N–H and O–H groups in total. The molecule has 0 rings (SSSR count). The molecule has 0 fully saturated rings. The van der Waals surface area contributed by atoms with Gasteiger partial charge in [0.2, 0.25) is 0 Å². The van der Waals surface area contributed by atoms with E-state index in [1.807, 2.05) is 6.08 Å². The van der Waals surface area contributed by atoms with E-state index in [4.69, 9.17) is 0 Å². The zero-order valence-corrected chi connectivity index (χ0v) is 8.42. The van der Waals surface area contributed by atoms with Crippen LogP contribution in [-0.2, 0) is 4.79 Å². The van der Waals surface area contributed by atoms with Gasteiger partial charge in [0.05, 0.1) is 0 Å². The summed E-state index contributed by atoms with van der Waals surface area (Å²) in [7, 11) is 0. The van der Waals surface area contributed by atoms with Gasteiger partial charge in [0.1, 0.15) is 6.29 Å². The lowest BCUT2D eigenvalue weighted by Gasteiger charge is -2.10. The second-order valence-electron chi connectivity index (χ2n) is 3.59. The maximum Gasteiger partial charge on any atom is 0.142 e. The van der Waals surface area contributed by atoms with Gasteiger partial charge in [-0.15, -0.1) is 0 Å². The lowest BCUT2D eigenvalue weighted by atomic mass is 9.96. The molecule has 12 heavy (non-hydrogen) atoms. The summed E-state index contributed by atoms with van der Waals surface area (Å²) in [6, 6.07) is 0. The third-order valence-electron chi connectivity index (χ3n) is 2.33. The van der Waals surface area contributed by atoms with Crippen LogP contribution in [-0.4, -0.2) is 6.29 Å². The van der Waals surface area contributed by atoms with Crippen molar-refractivity contribution in [3.8, 4) is 0 Å². The molecule has 2 atom stereocenters. The highest BCUT2D eigenvalue weighted by Gasteiger charge is 2.01. The van der Waals surface area contributed by atoms with Crippen LogP contribution in [0.2, 0.25) is 0 Å². The molecular formula is C11H20O. The minimum Gasteiger partial charge on any atom is -0.299 e. The van der Waals surface area contributed by atoms with E-state index < -0.39 is 0 Å². The summed E-state index contributed by atoms with van der Waals surface area (Å²) < 4.78 is 0. The number of carbonyl (C=O) groups is 1. The van der Waals surface area contributed by atoms with Crippen LogP contribution in [0.5, 0.6) is 0 Å². The molecule has 0 aromatic carbocycles. The number of allylic oxidation sites excluding steroid dienone is 2. The Morgan fingerprint density at radius 2 is 1.92 bits per heavy atom. The molecule has 0 spiro atoms. The summed E-state index contributed by atoms with van der Waals surface area (Å²) in [6.07, 6.45) is 8.14. The van der Waals surface area contributed by atoms with Gasteiger partial charge in [-0.3, -0.25) is 4.79 Å². The molecule has 0 saturated carbocycles. The van der Waals surface area contributed by atoms with Gasteiger partial charge in [-0.05, 0) is 24.3 Å². The van der Waals surface area contributed by atoms with Gasteiger partial charge in [-0.25, -0.2) is 0 Å². The third kappa shape index (κ3) is 6.14. The van der Waals surface area contributed by atoms with Crippen molar-refractivity contribution >= 4 is 6.29 Å². The lowest BCUT2D eigenvalue weighted by molar-refractivity contribution is -0.104. The van der Waals surface area contributed by atoms with E-state index in [0.717, 1.165) is 12.2 Å². The summed E-state index contributed by atoms with van der Waals surface area (Å²) in [4.78, 5) is 10.0. The molecule has 2 unspecified atom stereocenters. The SMILES string of the molecule is CCC(C)CCC(C)/C=C/C=O. The topological polar surface area (TPSA) is 17.1 Å². The second-order valence-corrected chi connectivity index (χ2v) is 3.59. The summed E-state index contributed by atoms with van der Waals surface area (Å²) in [5, 5.41) is 0. The quantitative estimate of drug-likeness (QED) is 0.439. The van der Waals surface area contributed by atoms with Gasteiger partial charge in [0.25, 0.3) is 0 Å². The average molecular weight is 168 g/mol. The number of aldehydes is 1. The fourth-order valence-corrected chi connectivity index (χ4v) is 1.08. The molecular weight excluding hydrogens is 148 g/mol. The van der Waals surface area contributed by atoms with Gasteiger partial charge >= 0.3 is 0 Å². The van der Waals surface area contributed by atoms with Crippen LogP contribution in [0, 0.1) is 11.8 Å². The Bertz CT molecular complexity index is 138. The van der Waals surface area contributed by atoms with Gasteiger partial charge in [0.15, 0.2) is 0 Å². The van der Waals surface area contributed by atoms with Gasteiger partial charge < -0.3 is 0 Å². The first-order chi connectivity index (χ1) is 5.70. The van der Waals surface area contributed by atoms with Crippen molar-refractivity contribution < 1.29 is 4.79 Å². The highest BCUT2D eigenvalue weighted by atomic mass is 16.1. The average Bonchev–Trinajstić information content (AvgIpc) is 2.10. The molecule has 70 valence electrons. The Morgan fingerprint density at radius 1 is 1.25 bits per heavy atom. The molecule has 0 radical (unpaired) electrons. The minimum absolute atomic E-state index is 0.546. The monoisotopic (exact) mass is 168 g/mol. The molecule has 0 aromatic rings. The highest BCUT2D eigenvalue weighted by Crippen LogP contribution is 2.15. The van der Waals surface area contributed by atoms with E-state index >= 15 is 0 Å². The maximum atomic E-state index is 10.0. The number of rotatable bonds is 6. The van der Waals surface area contributed by atoms with E-state index in [9.17, 15) is 4.79 Å². The van der Waals surface area contributed by atoms with Crippen molar-refractivity contribution in [2.45, 2.75) is 40.0 Å². The van der Waals surface area contributed by atoms with Gasteiger partial charge in [0, 0.05) is 0 Å². The van der Waals surface area contributed by atoms with E-state index in [-0.39, 0.29) is 0 Å². The summed E-state index contributed by atoms with van der Waals surface area (Å²) in [5.41, 5.74) is 0. The third-order valence-corrected chi connectivity index (χ3v) is 2.33. The molecule has 0 aliphatic carbocycles. The molecule has 0 bridgehead atoms. The zero-order chi connectivity index (χ0) is 9.40. The Kier molecular flexibility index (Phi) is 6.73. The summed E-state index contributed by atoms with van der Waals surface area (Å²) in [6.45, 7) is 6.65. The normalized spacial score (nSPS) is 16.2. The second kappa shape index (κ2) is 7.08. The predicted molar refractivity (Wildman–Crippen MR) is 53.1 cm³/mol. The van der Waals surface area contributed by atoms with Crippen molar-refractivity contribution in [1.82, 2.24) is 0 Å². The number of hydrogen-bond donors (Lipinski definition) is 0. The van der Waals surface area contributed by atoms with Crippen LogP contribution in [0.25, 0.3) is 0 Å². The first-order valence-corrected chi connectivity index (χ1v) is 4.82. The van der Waals surface area contributed by atoms with Crippen molar-refractivity contribution in [1.29, 1.82) is 0 Å². The van der Waals surface area contributed by atoms with Crippen molar-refractivity contribution in [3.63, 3.8) is 0 Å². The van der Waals surface area contributed by atoms with Crippen molar-refractivity contribution in [2.24, 2.45) is 11.8 Å². The Labute approximate surface area is 75.9 Å². The van der Waals surface area contributed by atoms with Crippen LogP contribution in [0.15, 0.2) is 12.2 Å². The molecule has 0 aliphatic heterocycles. The molecule has 1 heteroatoms. The molecule has 0 heterocycles. The predicted octanol–water partition coefficient (Wildman–Crippen LogP) is 3.20. The van der Waals surface area contributed by atoms with Crippen LogP contribution >= 0.6 is 0 Å². The first-order valence-electron chi connectivity index (χ1n) is 4.82. The molecule has 1 nitrogen and oxygen atoms in total. The first kappa shape index (κ1) is 11.4. The zero-order valence-electron chi connectivity index (χ0n) is 8.42. The van der Waals surface area contributed by atoms with Gasteiger partial charge in [-0.1, -0.05) is 39.7 Å². The standard InChI is InChI=1S/C11H20O/c1-4-10(2)7-8-11(3)6-5-9-12/h5-6,9-11H,4,7-8H2,1-3H3/b6-5+. The number of carbonyl (C=O) groups excluding carboxylic acids is 1. The van der Waals surface area contributed by atoms with E-state index in [2.05, 4.69) is 20.8 Å². The van der Waals surface area contributed by atoms with E-state index in [1.165, 1.54) is 19.3 Å². The fraction of sp³-hybridized carbons (Fsp3) is 0.727. The minimum atomic E-state index is 0.546. The maximum absolute atomic E-state index is 10.0. The Morgan fingerprint density at radius 3 is 2.42 bits per heavy atom. The smallest absolute Gasteiger partial charge is 0.142 e. The number of hydrogen-bond acceptors (Lipinski definition) is 1. The van der Waals surface area contributed by atoms with Gasteiger partial charge in [-0.2, -0.15) is 0 Å².